The fraction of sp³-hybridized carbons (Fsp3) is 0.235. The van der Waals surface area contributed by atoms with Crippen LogP contribution in [0.4, 0.5) is 11.4 Å². The number of nitro groups is 1. The lowest BCUT2D eigenvalue weighted by Gasteiger charge is -2.16. The standard InChI is InChI=1S/C17H19N3O6S/c1-19(2)27(24,25)16-11-13(6-9-15(16)26-3)18-17(21)10-12-4-7-14(8-5-12)20(22)23/h4-9,11H,10H2,1-3H3,(H,18,21). The van der Waals surface area contributed by atoms with Crippen LogP contribution >= 0.6 is 0 Å². The molecule has 0 atom stereocenters. The molecular formula is C17H19N3O6S. The molecule has 0 aliphatic rings. The average Bonchev–Trinajstić information content (AvgIpc) is 2.61. The van der Waals surface area contributed by atoms with E-state index in [4.69, 9.17) is 4.74 Å². The first-order valence-corrected chi connectivity index (χ1v) is 9.23. The average molecular weight is 393 g/mol. The van der Waals surface area contributed by atoms with E-state index in [1.165, 1.54) is 63.7 Å². The van der Waals surface area contributed by atoms with Crippen molar-refractivity contribution in [2.45, 2.75) is 11.3 Å². The summed E-state index contributed by atoms with van der Waals surface area (Å²) in [5, 5.41) is 13.3. The second-order valence-electron chi connectivity index (χ2n) is 5.80. The number of hydrogen-bond acceptors (Lipinski definition) is 6. The third kappa shape index (κ3) is 4.80. The van der Waals surface area contributed by atoms with E-state index in [1.807, 2.05) is 0 Å². The minimum absolute atomic E-state index is 0.0141. The molecule has 0 saturated heterocycles. The Morgan fingerprint density at radius 2 is 1.81 bits per heavy atom. The minimum atomic E-state index is -3.76. The van der Waals surface area contributed by atoms with Crippen LogP contribution in [-0.4, -0.2) is 44.8 Å². The van der Waals surface area contributed by atoms with E-state index >= 15 is 0 Å². The number of nitrogens with zero attached hydrogens (tertiary/aromatic N) is 2. The number of carbonyl (C=O) groups is 1. The maximum absolute atomic E-state index is 12.4. The van der Waals surface area contributed by atoms with Crippen LogP contribution in [0.2, 0.25) is 0 Å². The Balaban J connectivity index is 2.19. The van der Waals surface area contributed by atoms with Crippen molar-refractivity contribution in [1.82, 2.24) is 4.31 Å². The Kier molecular flexibility index (Phi) is 6.13. The van der Waals surface area contributed by atoms with Crippen LogP contribution < -0.4 is 10.1 Å². The van der Waals surface area contributed by atoms with Crippen LogP contribution in [0.25, 0.3) is 0 Å². The molecule has 0 aliphatic carbocycles. The second-order valence-corrected chi connectivity index (χ2v) is 7.92. The van der Waals surface area contributed by atoms with Gasteiger partial charge in [-0.1, -0.05) is 12.1 Å². The number of benzene rings is 2. The summed E-state index contributed by atoms with van der Waals surface area (Å²) in [6.07, 6.45) is -0.0141. The van der Waals surface area contributed by atoms with Crippen molar-refractivity contribution in [3.05, 3.63) is 58.1 Å². The van der Waals surface area contributed by atoms with Gasteiger partial charge in [0, 0.05) is 31.9 Å². The number of hydrogen-bond donors (Lipinski definition) is 1. The Bertz CT molecular complexity index is 955. The minimum Gasteiger partial charge on any atom is -0.495 e. The zero-order valence-electron chi connectivity index (χ0n) is 15.0. The monoisotopic (exact) mass is 393 g/mol. The number of carbonyl (C=O) groups excluding carboxylic acids is 1. The number of anilines is 1. The molecular weight excluding hydrogens is 374 g/mol. The van der Waals surface area contributed by atoms with Crippen molar-refractivity contribution < 1.29 is 22.9 Å². The fourth-order valence-electron chi connectivity index (χ4n) is 2.28. The highest BCUT2D eigenvalue weighted by Gasteiger charge is 2.23. The molecule has 144 valence electrons. The molecule has 0 bridgehead atoms. The summed E-state index contributed by atoms with van der Waals surface area (Å²) >= 11 is 0. The number of non-ortho nitro benzene ring substituents is 1. The smallest absolute Gasteiger partial charge is 0.269 e. The van der Waals surface area contributed by atoms with Crippen LogP contribution in [0.1, 0.15) is 5.56 Å². The third-order valence-corrected chi connectivity index (χ3v) is 5.55. The van der Waals surface area contributed by atoms with E-state index in [0.29, 0.717) is 11.3 Å². The van der Waals surface area contributed by atoms with Crippen molar-refractivity contribution in [1.29, 1.82) is 0 Å². The van der Waals surface area contributed by atoms with E-state index in [-0.39, 0.29) is 28.7 Å². The van der Waals surface area contributed by atoms with Crippen molar-refractivity contribution in [2.24, 2.45) is 0 Å². The molecule has 10 heteroatoms. The SMILES string of the molecule is COc1ccc(NC(=O)Cc2ccc([N+](=O)[O-])cc2)cc1S(=O)(=O)N(C)C. The molecule has 9 nitrogen and oxygen atoms in total. The van der Waals surface area contributed by atoms with Crippen LogP contribution in [0.3, 0.4) is 0 Å². The van der Waals surface area contributed by atoms with Gasteiger partial charge in [-0.25, -0.2) is 12.7 Å². The largest absolute Gasteiger partial charge is 0.495 e. The molecule has 0 saturated carbocycles. The zero-order chi connectivity index (χ0) is 20.2. The van der Waals surface area contributed by atoms with Gasteiger partial charge in [0.15, 0.2) is 0 Å². The maximum atomic E-state index is 12.4. The van der Waals surface area contributed by atoms with Gasteiger partial charge >= 0.3 is 0 Å². The first kappa shape index (κ1) is 20.3. The predicted octanol–water partition coefficient (Wildman–Crippen LogP) is 2.03. The number of sulfonamides is 1. The van der Waals surface area contributed by atoms with Crippen LogP contribution in [0.5, 0.6) is 5.75 Å². The summed E-state index contributed by atoms with van der Waals surface area (Å²) < 4.78 is 31.0. The molecule has 2 aromatic rings. The number of rotatable bonds is 7. The first-order valence-electron chi connectivity index (χ1n) is 7.79. The highest BCUT2D eigenvalue weighted by atomic mass is 32.2. The van der Waals surface area contributed by atoms with Gasteiger partial charge < -0.3 is 10.1 Å². The first-order chi connectivity index (χ1) is 12.6. The maximum Gasteiger partial charge on any atom is 0.269 e. The molecule has 0 spiro atoms. The summed E-state index contributed by atoms with van der Waals surface area (Å²) in [7, 11) is 0.396. The van der Waals surface area contributed by atoms with E-state index in [9.17, 15) is 23.3 Å². The molecule has 0 heterocycles. The van der Waals surface area contributed by atoms with Gasteiger partial charge in [-0.2, -0.15) is 0 Å². The lowest BCUT2D eigenvalue weighted by molar-refractivity contribution is -0.384. The fourth-order valence-corrected chi connectivity index (χ4v) is 3.35. The quantitative estimate of drug-likeness (QED) is 0.568. The summed E-state index contributed by atoms with van der Waals surface area (Å²) in [5.41, 5.74) is 0.823. The number of methoxy groups -OCH3 is 1. The number of ether oxygens (including phenoxy) is 1. The van der Waals surface area contributed by atoms with Gasteiger partial charge in [0.2, 0.25) is 15.9 Å². The zero-order valence-corrected chi connectivity index (χ0v) is 15.8. The Morgan fingerprint density at radius 3 is 2.33 bits per heavy atom. The molecule has 2 aromatic carbocycles. The van der Waals surface area contributed by atoms with Crippen molar-refractivity contribution in [3.8, 4) is 5.75 Å². The molecule has 27 heavy (non-hydrogen) atoms. The summed E-state index contributed by atoms with van der Waals surface area (Å²) in [6, 6.07) is 9.93. The van der Waals surface area contributed by atoms with Crippen molar-refractivity contribution in [2.75, 3.05) is 26.5 Å². The molecule has 1 N–H and O–H groups in total. The Morgan fingerprint density at radius 1 is 1.19 bits per heavy atom. The van der Waals surface area contributed by atoms with Gasteiger partial charge in [0.25, 0.3) is 5.69 Å². The summed E-state index contributed by atoms with van der Waals surface area (Å²) in [6.45, 7) is 0. The van der Waals surface area contributed by atoms with Gasteiger partial charge in [-0.15, -0.1) is 0 Å². The molecule has 0 unspecified atom stereocenters. The van der Waals surface area contributed by atoms with E-state index in [0.717, 1.165) is 4.31 Å². The lowest BCUT2D eigenvalue weighted by atomic mass is 10.1. The molecule has 0 aromatic heterocycles. The van der Waals surface area contributed by atoms with Crippen LogP contribution in [0, 0.1) is 10.1 Å². The van der Waals surface area contributed by atoms with Crippen molar-refractivity contribution in [3.63, 3.8) is 0 Å². The highest BCUT2D eigenvalue weighted by Crippen LogP contribution is 2.29. The van der Waals surface area contributed by atoms with Gasteiger partial charge in [-0.3, -0.25) is 14.9 Å². The predicted molar refractivity (Wildman–Crippen MR) is 99.3 cm³/mol. The number of amides is 1. The van der Waals surface area contributed by atoms with Crippen LogP contribution in [0.15, 0.2) is 47.4 Å². The number of nitro benzene ring substituents is 1. The second kappa shape index (κ2) is 8.14. The normalized spacial score (nSPS) is 11.3. The Hall–Kier alpha value is -2.98. The summed E-state index contributed by atoms with van der Waals surface area (Å²) in [5.74, 6) is -0.223. The molecule has 2 rings (SSSR count). The molecule has 0 radical (unpaired) electrons. The lowest BCUT2D eigenvalue weighted by Crippen LogP contribution is -2.23. The van der Waals surface area contributed by atoms with E-state index in [2.05, 4.69) is 5.32 Å². The molecule has 1 amide bonds. The van der Waals surface area contributed by atoms with Gasteiger partial charge in [-0.05, 0) is 23.8 Å². The third-order valence-electron chi connectivity index (χ3n) is 3.72. The van der Waals surface area contributed by atoms with Crippen LogP contribution in [-0.2, 0) is 21.2 Å². The Labute approximate surface area is 156 Å². The van der Waals surface area contributed by atoms with Gasteiger partial charge in [0.05, 0.1) is 18.5 Å². The highest BCUT2D eigenvalue weighted by molar-refractivity contribution is 7.89. The van der Waals surface area contributed by atoms with Gasteiger partial charge in [0.1, 0.15) is 10.6 Å². The molecule has 0 fully saturated rings. The number of nitrogens with one attached hydrogen (secondary N) is 1. The summed E-state index contributed by atoms with van der Waals surface area (Å²) in [4.78, 5) is 22.3. The molecule has 0 aliphatic heterocycles. The van der Waals surface area contributed by atoms with E-state index in [1.54, 1.807) is 0 Å². The topological polar surface area (TPSA) is 119 Å². The van der Waals surface area contributed by atoms with E-state index < -0.39 is 14.9 Å². The van der Waals surface area contributed by atoms with Crippen molar-refractivity contribution >= 4 is 27.3 Å².